The van der Waals surface area contributed by atoms with Crippen LogP contribution in [0.2, 0.25) is 0 Å². The number of thiazole rings is 1. The van der Waals surface area contributed by atoms with E-state index < -0.39 is 0 Å². The molecule has 0 aliphatic carbocycles. The highest BCUT2D eigenvalue weighted by Gasteiger charge is 2.28. The van der Waals surface area contributed by atoms with Crippen LogP contribution in [-0.2, 0) is 13.6 Å². The van der Waals surface area contributed by atoms with Gasteiger partial charge in [-0.3, -0.25) is 18.9 Å². The minimum Gasteiger partial charge on any atom is -0.354 e. The lowest BCUT2D eigenvalue weighted by atomic mass is 9.99. The van der Waals surface area contributed by atoms with E-state index in [1.165, 1.54) is 11.3 Å². The molecule has 1 saturated heterocycles. The SMILES string of the molecule is CNC(=O)c1ccc([C@@H]2CCCCN2Cc2cc(=O)n3c(C)csc3n2)n1C. The van der Waals surface area contributed by atoms with E-state index in [0.717, 1.165) is 47.8 Å². The summed E-state index contributed by atoms with van der Waals surface area (Å²) in [4.78, 5) is 32.4. The molecule has 0 bridgehead atoms. The molecule has 7 nitrogen and oxygen atoms in total. The van der Waals surface area contributed by atoms with Crippen molar-refractivity contribution < 1.29 is 4.79 Å². The molecule has 8 heteroatoms. The first-order chi connectivity index (χ1) is 13.5. The van der Waals surface area contributed by atoms with Gasteiger partial charge in [0.05, 0.1) is 11.7 Å². The van der Waals surface area contributed by atoms with Gasteiger partial charge in [-0.2, -0.15) is 0 Å². The van der Waals surface area contributed by atoms with Crippen LogP contribution < -0.4 is 10.9 Å². The molecule has 1 fully saturated rings. The number of fused-ring (bicyclic) bond motifs is 1. The largest absolute Gasteiger partial charge is 0.354 e. The average Bonchev–Trinajstić information content (AvgIpc) is 3.25. The van der Waals surface area contributed by atoms with Crippen molar-refractivity contribution in [3.05, 3.63) is 56.7 Å². The predicted octanol–water partition coefficient (Wildman–Crippen LogP) is 2.49. The number of carbonyl (C=O) groups is 1. The van der Waals surface area contributed by atoms with Crippen molar-refractivity contribution in [2.24, 2.45) is 7.05 Å². The fraction of sp³-hybridized carbons (Fsp3) is 0.450. The van der Waals surface area contributed by atoms with E-state index >= 15 is 0 Å². The molecule has 4 heterocycles. The van der Waals surface area contributed by atoms with E-state index in [0.29, 0.717) is 12.2 Å². The van der Waals surface area contributed by atoms with Crippen LogP contribution in [0, 0.1) is 6.92 Å². The molecule has 1 amide bonds. The Hall–Kier alpha value is -2.45. The number of carbonyl (C=O) groups excluding carboxylic acids is 1. The van der Waals surface area contributed by atoms with Gasteiger partial charge in [-0.1, -0.05) is 6.42 Å². The van der Waals surface area contributed by atoms with Crippen molar-refractivity contribution >= 4 is 22.2 Å². The molecule has 28 heavy (non-hydrogen) atoms. The Kier molecular flexibility index (Phi) is 5.07. The minimum absolute atomic E-state index is 0.0203. The van der Waals surface area contributed by atoms with Gasteiger partial charge in [0.15, 0.2) is 4.96 Å². The summed E-state index contributed by atoms with van der Waals surface area (Å²) >= 11 is 1.50. The third-order valence-electron chi connectivity index (χ3n) is 5.57. The topological polar surface area (TPSA) is 71.6 Å². The monoisotopic (exact) mass is 399 g/mol. The normalized spacial score (nSPS) is 17.9. The Balaban J connectivity index is 1.64. The molecular formula is C20H25N5O2S. The number of hydrogen-bond acceptors (Lipinski definition) is 5. The molecule has 1 N–H and O–H groups in total. The van der Waals surface area contributed by atoms with Crippen LogP contribution in [-0.4, -0.2) is 38.4 Å². The lowest BCUT2D eigenvalue weighted by molar-refractivity contribution is 0.0952. The minimum atomic E-state index is -0.0793. The summed E-state index contributed by atoms with van der Waals surface area (Å²) in [6.07, 6.45) is 3.31. The first kappa shape index (κ1) is 18.9. The van der Waals surface area contributed by atoms with Gasteiger partial charge >= 0.3 is 0 Å². The van der Waals surface area contributed by atoms with Crippen LogP contribution in [0.3, 0.4) is 0 Å². The molecule has 0 radical (unpaired) electrons. The number of piperidine rings is 1. The summed E-state index contributed by atoms with van der Waals surface area (Å²) in [5.41, 5.74) is 3.50. The van der Waals surface area contributed by atoms with Gasteiger partial charge in [-0.25, -0.2) is 4.98 Å². The molecule has 1 aliphatic heterocycles. The Bertz CT molecular complexity index is 1080. The molecule has 1 aliphatic rings. The van der Waals surface area contributed by atoms with Crippen LogP contribution in [0.25, 0.3) is 4.96 Å². The van der Waals surface area contributed by atoms with Gasteiger partial charge in [0, 0.05) is 43.5 Å². The molecule has 4 rings (SSSR count). The lowest BCUT2D eigenvalue weighted by Crippen LogP contribution is -2.35. The third kappa shape index (κ3) is 3.27. The molecule has 0 unspecified atom stereocenters. The number of amides is 1. The zero-order valence-electron chi connectivity index (χ0n) is 16.4. The highest BCUT2D eigenvalue weighted by atomic mass is 32.1. The second kappa shape index (κ2) is 7.52. The molecule has 1 atom stereocenters. The number of nitrogens with zero attached hydrogens (tertiary/aromatic N) is 4. The Morgan fingerprint density at radius 1 is 1.36 bits per heavy atom. The van der Waals surface area contributed by atoms with Gasteiger partial charge in [0.1, 0.15) is 5.69 Å². The van der Waals surface area contributed by atoms with Gasteiger partial charge in [-0.05, 0) is 38.4 Å². The highest BCUT2D eigenvalue weighted by Crippen LogP contribution is 2.32. The van der Waals surface area contributed by atoms with E-state index in [2.05, 4.69) is 10.2 Å². The Morgan fingerprint density at radius 3 is 2.96 bits per heavy atom. The van der Waals surface area contributed by atoms with Crippen LogP contribution in [0.15, 0.2) is 28.4 Å². The van der Waals surface area contributed by atoms with Gasteiger partial charge in [0.25, 0.3) is 11.5 Å². The van der Waals surface area contributed by atoms with Gasteiger partial charge < -0.3 is 9.88 Å². The number of nitrogens with one attached hydrogen (secondary N) is 1. The molecular weight excluding hydrogens is 374 g/mol. The predicted molar refractivity (Wildman–Crippen MR) is 110 cm³/mol. The van der Waals surface area contributed by atoms with Crippen LogP contribution in [0.1, 0.15) is 52.9 Å². The van der Waals surface area contributed by atoms with Crippen molar-refractivity contribution in [1.29, 1.82) is 0 Å². The second-order valence-electron chi connectivity index (χ2n) is 7.34. The zero-order valence-corrected chi connectivity index (χ0v) is 17.3. The molecule has 0 spiro atoms. The first-order valence-electron chi connectivity index (χ1n) is 9.58. The maximum Gasteiger partial charge on any atom is 0.267 e. The molecule has 3 aromatic rings. The fourth-order valence-corrected chi connectivity index (χ4v) is 5.01. The number of likely N-dealkylation sites (tertiary alicyclic amines) is 1. The van der Waals surface area contributed by atoms with Crippen molar-refractivity contribution in [2.45, 2.75) is 38.8 Å². The second-order valence-corrected chi connectivity index (χ2v) is 8.18. The highest BCUT2D eigenvalue weighted by molar-refractivity contribution is 7.15. The summed E-state index contributed by atoms with van der Waals surface area (Å²) in [7, 11) is 3.59. The van der Waals surface area contributed by atoms with E-state index in [4.69, 9.17) is 4.98 Å². The van der Waals surface area contributed by atoms with E-state index in [9.17, 15) is 9.59 Å². The van der Waals surface area contributed by atoms with Crippen molar-refractivity contribution in [3.63, 3.8) is 0 Å². The standard InChI is InChI=1S/C20H25N5O2S/c1-13-12-28-20-22-14(10-18(26)25(13)20)11-24-9-5-4-6-16(24)15-7-8-17(23(15)3)19(27)21-2/h7-8,10,12,16H,4-6,9,11H2,1-3H3,(H,21,27)/t16-/m0/s1. The van der Waals surface area contributed by atoms with Gasteiger partial charge in [-0.15, -0.1) is 11.3 Å². The first-order valence-corrected chi connectivity index (χ1v) is 10.5. The molecule has 0 aromatic carbocycles. The quantitative estimate of drug-likeness (QED) is 0.732. The van der Waals surface area contributed by atoms with Crippen molar-refractivity contribution in [1.82, 2.24) is 24.2 Å². The Labute approximate surface area is 167 Å². The molecule has 148 valence electrons. The number of rotatable bonds is 4. The molecule has 3 aromatic heterocycles. The van der Waals surface area contributed by atoms with Crippen LogP contribution in [0.5, 0.6) is 0 Å². The van der Waals surface area contributed by atoms with E-state index in [-0.39, 0.29) is 17.5 Å². The summed E-state index contributed by atoms with van der Waals surface area (Å²) in [5.74, 6) is -0.0793. The van der Waals surface area contributed by atoms with Gasteiger partial charge in [0.2, 0.25) is 0 Å². The average molecular weight is 400 g/mol. The van der Waals surface area contributed by atoms with Crippen molar-refractivity contribution in [2.75, 3.05) is 13.6 Å². The van der Waals surface area contributed by atoms with E-state index in [1.807, 2.05) is 36.1 Å². The number of hydrogen-bond donors (Lipinski definition) is 1. The Morgan fingerprint density at radius 2 is 2.18 bits per heavy atom. The fourth-order valence-electron chi connectivity index (χ4n) is 4.12. The maximum absolute atomic E-state index is 12.5. The lowest BCUT2D eigenvalue weighted by Gasteiger charge is -2.36. The number of aryl methyl sites for hydroxylation is 1. The van der Waals surface area contributed by atoms with E-state index in [1.54, 1.807) is 17.5 Å². The van der Waals surface area contributed by atoms with Crippen molar-refractivity contribution in [3.8, 4) is 0 Å². The zero-order chi connectivity index (χ0) is 19.8. The third-order valence-corrected chi connectivity index (χ3v) is 6.51. The molecule has 0 saturated carbocycles. The van der Waals surface area contributed by atoms with Crippen LogP contribution >= 0.6 is 11.3 Å². The summed E-state index contributed by atoms with van der Waals surface area (Å²) < 4.78 is 3.64. The summed E-state index contributed by atoms with van der Waals surface area (Å²) in [6, 6.07) is 5.79. The summed E-state index contributed by atoms with van der Waals surface area (Å²) in [6.45, 7) is 3.51. The van der Waals surface area contributed by atoms with Crippen LogP contribution in [0.4, 0.5) is 0 Å². The maximum atomic E-state index is 12.5. The number of aromatic nitrogens is 3. The smallest absolute Gasteiger partial charge is 0.267 e. The summed E-state index contributed by atoms with van der Waals surface area (Å²) in [5, 5.41) is 4.66.